The monoisotopic (exact) mass is 311 g/mol. The van der Waals surface area contributed by atoms with E-state index in [2.05, 4.69) is 10.1 Å². The number of hydrogen-bond acceptors (Lipinski definition) is 5. The van der Waals surface area contributed by atoms with Crippen LogP contribution in [0.3, 0.4) is 0 Å². The van der Waals surface area contributed by atoms with Crippen molar-refractivity contribution in [2.24, 2.45) is 0 Å². The summed E-state index contributed by atoms with van der Waals surface area (Å²) in [6.45, 7) is 2.05. The summed E-state index contributed by atoms with van der Waals surface area (Å²) >= 11 is 0. The van der Waals surface area contributed by atoms with Gasteiger partial charge in [-0.3, -0.25) is 14.0 Å². The van der Waals surface area contributed by atoms with Crippen molar-refractivity contribution >= 4 is 11.3 Å². The van der Waals surface area contributed by atoms with Crippen molar-refractivity contribution in [1.82, 2.24) is 19.2 Å². The van der Waals surface area contributed by atoms with E-state index in [-0.39, 0.29) is 17.7 Å². The lowest BCUT2D eigenvalue weighted by atomic mass is 10.3. The van der Waals surface area contributed by atoms with E-state index >= 15 is 0 Å². The van der Waals surface area contributed by atoms with E-state index in [1.54, 1.807) is 18.5 Å². The molecule has 0 N–H and O–H groups in total. The minimum Gasteiger partial charge on any atom is -0.376 e. The molecule has 0 spiro atoms. The maximum absolute atomic E-state index is 12.2. The lowest BCUT2D eigenvalue weighted by Gasteiger charge is -2.12. The summed E-state index contributed by atoms with van der Waals surface area (Å²) < 4.78 is 2.79. The Labute approximate surface area is 132 Å². The zero-order valence-corrected chi connectivity index (χ0v) is 13.2. The first-order chi connectivity index (χ1) is 11.0. The van der Waals surface area contributed by atoms with Crippen LogP contribution in [0.4, 0.5) is 5.69 Å². The Bertz CT molecular complexity index is 988. The average molecular weight is 311 g/mol. The van der Waals surface area contributed by atoms with Gasteiger partial charge in [-0.05, 0) is 18.6 Å². The lowest BCUT2D eigenvalue weighted by molar-refractivity contribution is 0.626. The first-order valence-electron chi connectivity index (χ1n) is 7.18. The maximum Gasteiger partial charge on any atom is 0.269 e. The number of anilines is 1. The SMILES string of the molecule is Cc1cccn2c(=O)cc(Cn3ncc(N(C)C)cc3=O)nc12. The third-order valence-electron chi connectivity index (χ3n) is 3.62. The van der Waals surface area contributed by atoms with Gasteiger partial charge in [0.25, 0.3) is 11.1 Å². The van der Waals surface area contributed by atoms with E-state index in [0.29, 0.717) is 11.3 Å². The average Bonchev–Trinajstić information content (AvgIpc) is 2.50. The van der Waals surface area contributed by atoms with Crippen molar-refractivity contribution in [1.29, 1.82) is 0 Å². The van der Waals surface area contributed by atoms with Crippen LogP contribution in [-0.4, -0.2) is 33.3 Å². The van der Waals surface area contributed by atoms with Crippen molar-refractivity contribution < 1.29 is 0 Å². The number of aryl methyl sites for hydroxylation is 1. The van der Waals surface area contributed by atoms with Crippen LogP contribution in [0.1, 0.15) is 11.3 Å². The number of fused-ring (bicyclic) bond motifs is 1. The molecule has 0 fully saturated rings. The molecule has 0 saturated heterocycles. The van der Waals surface area contributed by atoms with Crippen LogP contribution in [0.5, 0.6) is 0 Å². The molecule has 0 aliphatic carbocycles. The third-order valence-corrected chi connectivity index (χ3v) is 3.62. The Kier molecular flexibility index (Phi) is 3.69. The molecule has 0 amide bonds. The topological polar surface area (TPSA) is 72.5 Å². The number of hydrogen-bond donors (Lipinski definition) is 0. The molecule has 7 heteroatoms. The highest BCUT2D eigenvalue weighted by atomic mass is 16.1. The molecule has 0 saturated carbocycles. The second kappa shape index (κ2) is 5.68. The molecule has 0 aliphatic rings. The van der Waals surface area contributed by atoms with Crippen molar-refractivity contribution in [3.63, 3.8) is 0 Å². The molecule has 7 nitrogen and oxygen atoms in total. The van der Waals surface area contributed by atoms with Gasteiger partial charge in [0.2, 0.25) is 0 Å². The zero-order chi connectivity index (χ0) is 16.6. The van der Waals surface area contributed by atoms with Crippen LogP contribution < -0.4 is 16.0 Å². The van der Waals surface area contributed by atoms with Crippen molar-refractivity contribution in [2.75, 3.05) is 19.0 Å². The van der Waals surface area contributed by atoms with Crippen molar-refractivity contribution in [2.45, 2.75) is 13.5 Å². The number of rotatable bonds is 3. The summed E-state index contributed by atoms with van der Waals surface area (Å²) in [5.74, 6) is 0. The maximum atomic E-state index is 12.2. The number of pyridine rings is 1. The molecule has 23 heavy (non-hydrogen) atoms. The molecule has 0 atom stereocenters. The summed E-state index contributed by atoms with van der Waals surface area (Å²) in [6.07, 6.45) is 3.29. The minimum atomic E-state index is -0.233. The molecule has 0 bridgehead atoms. The largest absolute Gasteiger partial charge is 0.376 e. The van der Waals surface area contributed by atoms with E-state index in [9.17, 15) is 9.59 Å². The lowest BCUT2D eigenvalue weighted by Crippen LogP contribution is -2.26. The van der Waals surface area contributed by atoms with Crippen molar-refractivity contribution in [3.05, 3.63) is 68.6 Å². The highest BCUT2D eigenvalue weighted by Gasteiger charge is 2.07. The second-order valence-electron chi connectivity index (χ2n) is 5.57. The van der Waals surface area contributed by atoms with Gasteiger partial charge in [-0.25, -0.2) is 9.67 Å². The molecule has 0 aliphatic heterocycles. The molecule has 118 valence electrons. The van der Waals surface area contributed by atoms with Crippen LogP contribution in [-0.2, 0) is 6.54 Å². The molecular formula is C16H17N5O2. The number of aromatic nitrogens is 4. The van der Waals surface area contributed by atoms with Crippen LogP contribution >= 0.6 is 0 Å². The Hall–Kier alpha value is -2.96. The second-order valence-corrected chi connectivity index (χ2v) is 5.57. The quantitative estimate of drug-likeness (QED) is 0.711. The Morgan fingerprint density at radius 1 is 1.17 bits per heavy atom. The van der Waals surface area contributed by atoms with Gasteiger partial charge in [-0.15, -0.1) is 0 Å². The number of nitrogens with zero attached hydrogens (tertiary/aromatic N) is 5. The highest BCUT2D eigenvalue weighted by molar-refractivity contribution is 5.46. The smallest absolute Gasteiger partial charge is 0.269 e. The summed E-state index contributed by atoms with van der Waals surface area (Å²) in [5.41, 5.74) is 2.32. The third kappa shape index (κ3) is 2.85. The van der Waals surface area contributed by atoms with E-state index in [1.165, 1.54) is 21.2 Å². The van der Waals surface area contributed by atoms with Gasteiger partial charge in [-0.2, -0.15) is 5.10 Å². The van der Waals surface area contributed by atoms with E-state index in [4.69, 9.17) is 0 Å². The van der Waals surface area contributed by atoms with Gasteiger partial charge in [0.15, 0.2) is 0 Å². The van der Waals surface area contributed by atoms with Gasteiger partial charge >= 0.3 is 0 Å². The van der Waals surface area contributed by atoms with Crippen molar-refractivity contribution in [3.8, 4) is 0 Å². The molecular weight excluding hydrogens is 294 g/mol. The molecule has 0 aromatic carbocycles. The van der Waals surface area contributed by atoms with Gasteiger partial charge in [-0.1, -0.05) is 6.07 Å². The van der Waals surface area contributed by atoms with Gasteiger partial charge < -0.3 is 4.90 Å². The first-order valence-corrected chi connectivity index (χ1v) is 7.18. The van der Waals surface area contributed by atoms with Crippen LogP contribution in [0, 0.1) is 6.92 Å². The molecule has 0 unspecified atom stereocenters. The zero-order valence-electron chi connectivity index (χ0n) is 13.2. The Balaban J connectivity index is 2.04. The summed E-state index contributed by atoms with van der Waals surface area (Å²) in [4.78, 5) is 30.6. The fourth-order valence-electron chi connectivity index (χ4n) is 2.33. The van der Waals surface area contributed by atoms with Gasteiger partial charge in [0.05, 0.1) is 24.1 Å². The summed E-state index contributed by atoms with van der Waals surface area (Å²) in [6, 6.07) is 6.63. The Morgan fingerprint density at radius 3 is 2.65 bits per heavy atom. The minimum absolute atomic E-state index is 0.159. The first kappa shape index (κ1) is 15.0. The molecule has 3 aromatic heterocycles. The van der Waals surface area contributed by atoms with Crippen LogP contribution in [0.25, 0.3) is 5.65 Å². The summed E-state index contributed by atoms with van der Waals surface area (Å²) in [7, 11) is 3.69. The summed E-state index contributed by atoms with van der Waals surface area (Å²) in [5, 5.41) is 4.14. The van der Waals surface area contributed by atoms with Crippen LogP contribution in [0.15, 0.2) is 46.2 Å². The molecule has 0 radical (unpaired) electrons. The molecule has 3 rings (SSSR count). The Morgan fingerprint density at radius 2 is 1.96 bits per heavy atom. The standard InChI is InChI=1S/C16H17N5O2/c1-11-5-4-6-20-14(22)7-12(18-16(11)20)10-21-15(23)8-13(9-17-21)19(2)3/h4-9H,10H2,1-3H3. The van der Waals surface area contributed by atoms with E-state index < -0.39 is 0 Å². The fourth-order valence-corrected chi connectivity index (χ4v) is 2.33. The molecule has 3 aromatic rings. The molecule has 3 heterocycles. The normalized spacial score (nSPS) is 10.9. The highest BCUT2D eigenvalue weighted by Crippen LogP contribution is 2.07. The van der Waals surface area contributed by atoms with E-state index in [0.717, 1.165) is 11.3 Å². The predicted molar refractivity (Wildman–Crippen MR) is 88.1 cm³/mol. The van der Waals surface area contributed by atoms with Gasteiger partial charge in [0, 0.05) is 32.4 Å². The predicted octanol–water partition coefficient (Wildman–Crippen LogP) is 0.674. The van der Waals surface area contributed by atoms with Crippen LogP contribution in [0.2, 0.25) is 0 Å². The van der Waals surface area contributed by atoms with Gasteiger partial charge in [0.1, 0.15) is 5.65 Å². The fraction of sp³-hybridized carbons (Fsp3) is 0.250. The van der Waals surface area contributed by atoms with E-state index in [1.807, 2.05) is 32.0 Å².